The molecule has 6 heteroatoms. The summed E-state index contributed by atoms with van der Waals surface area (Å²) in [6, 6.07) is -0.978. The molecule has 0 saturated heterocycles. The highest BCUT2D eigenvalue weighted by Gasteiger charge is 2.28. The molecule has 4 atom stereocenters. The van der Waals surface area contributed by atoms with Gasteiger partial charge in [0.2, 0.25) is 5.91 Å². The van der Waals surface area contributed by atoms with Crippen molar-refractivity contribution in [3.63, 3.8) is 0 Å². The molecule has 0 aliphatic heterocycles. The number of hydrogen-bond acceptors (Lipinski definition) is 5. The molecule has 4 unspecified atom stereocenters. The van der Waals surface area contributed by atoms with Crippen LogP contribution in [0.3, 0.4) is 0 Å². The van der Waals surface area contributed by atoms with Crippen LogP contribution in [0, 0.1) is 5.92 Å². The van der Waals surface area contributed by atoms with E-state index in [1.165, 1.54) is 128 Å². The van der Waals surface area contributed by atoms with E-state index in [1.54, 1.807) is 0 Å². The quantitative estimate of drug-likeness (QED) is 0.0457. The van der Waals surface area contributed by atoms with Crippen molar-refractivity contribution in [2.45, 2.75) is 225 Å². The van der Waals surface area contributed by atoms with Crippen molar-refractivity contribution < 1.29 is 25.2 Å². The van der Waals surface area contributed by atoms with Gasteiger partial charge in [-0.2, -0.15) is 0 Å². The fourth-order valence-electron chi connectivity index (χ4n) is 6.12. The number of nitrogens with one attached hydrogen (secondary N) is 1. The first-order valence-electron chi connectivity index (χ1n) is 19.3. The first-order valence-corrected chi connectivity index (χ1v) is 19.3. The lowest BCUT2D eigenvalue weighted by atomic mass is 9.99. The average molecular weight is 628 g/mol. The zero-order valence-electron chi connectivity index (χ0n) is 29.6. The van der Waals surface area contributed by atoms with Gasteiger partial charge in [-0.15, -0.1) is 0 Å². The van der Waals surface area contributed by atoms with Crippen LogP contribution in [0.15, 0.2) is 0 Å². The van der Waals surface area contributed by atoms with E-state index in [0.29, 0.717) is 12.8 Å². The lowest BCUT2D eigenvalue weighted by Gasteiger charge is -2.27. The fraction of sp³-hybridized carbons (Fsp3) is 0.974. The number of amides is 1. The second kappa shape index (κ2) is 32.3. The topological polar surface area (TPSA) is 110 Å². The van der Waals surface area contributed by atoms with Crippen LogP contribution in [0.2, 0.25) is 0 Å². The van der Waals surface area contributed by atoms with Gasteiger partial charge >= 0.3 is 0 Å². The van der Waals surface area contributed by atoms with Gasteiger partial charge in [-0.05, 0) is 18.8 Å². The molecule has 0 heterocycles. The highest BCUT2D eigenvalue weighted by Crippen LogP contribution is 2.17. The monoisotopic (exact) mass is 628 g/mol. The van der Waals surface area contributed by atoms with Crippen molar-refractivity contribution in [1.29, 1.82) is 0 Å². The van der Waals surface area contributed by atoms with Gasteiger partial charge in [0.1, 0.15) is 12.2 Å². The molecule has 0 aliphatic rings. The molecular weight excluding hydrogens is 550 g/mol. The molecule has 0 saturated carbocycles. The highest BCUT2D eigenvalue weighted by molar-refractivity contribution is 5.80. The summed E-state index contributed by atoms with van der Waals surface area (Å²) < 4.78 is 0. The molecule has 0 aliphatic carbocycles. The minimum atomic E-state index is -1.25. The maximum atomic E-state index is 12.4. The minimum absolute atomic E-state index is 0.374. The van der Waals surface area contributed by atoms with E-state index in [-0.39, 0.29) is 0 Å². The van der Waals surface area contributed by atoms with Crippen LogP contribution in [0.4, 0.5) is 0 Å². The summed E-state index contributed by atoms with van der Waals surface area (Å²) in [5.74, 6) is 0.208. The molecule has 0 rings (SSSR count). The Morgan fingerprint density at radius 3 is 1.23 bits per heavy atom. The Bertz CT molecular complexity index is 602. The Morgan fingerprint density at radius 2 is 0.864 bits per heavy atom. The summed E-state index contributed by atoms with van der Waals surface area (Å²) in [7, 11) is 0. The number of rotatable bonds is 34. The Hall–Kier alpha value is -0.690. The SMILES string of the molecule is CCCCCCCCCCCCCCCCCCCC(O)C(=O)NC(CO)C(O)C(O)CCCCCCCCCCC(C)C. The van der Waals surface area contributed by atoms with Crippen molar-refractivity contribution in [2.75, 3.05) is 6.61 Å². The molecule has 264 valence electrons. The molecule has 6 nitrogen and oxygen atoms in total. The van der Waals surface area contributed by atoms with Gasteiger partial charge in [0.15, 0.2) is 0 Å². The van der Waals surface area contributed by atoms with Crippen LogP contribution in [0.5, 0.6) is 0 Å². The third-order valence-corrected chi connectivity index (χ3v) is 9.25. The number of unbranched alkanes of at least 4 members (excludes halogenated alkanes) is 23. The van der Waals surface area contributed by atoms with E-state index in [2.05, 4.69) is 26.1 Å². The summed E-state index contributed by atoms with van der Waals surface area (Å²) in [6.07, 6.45) is 29.9. The Kier molecular flexibility index (Phi) is 31.8. The molecule has 1 amide bonds. The first-order chi connectivity index (χ1) is 21.3. The van der Waals surface area contributed by atoms with E-state index in [0.717, 1.165) is 44.4 Å². The highest BCUT2D eigenvalue weighted by atomic mass is 16.3. The molecule has 5 N–H and O–H groups in total. The van der Waals surface area contributed by atoms with Gasteiger partial charge in [-0.3, -0.25) is 4.79 Å². The summed E-state index contributed by atoms with van der Waals surface area (Å²) in [5, 5.41) is 43.4. The summed E-state index contributed by atoms with van der Waals surface area (Å²) in [4.78, 5) is 12.4. The molecule has 0 fully saturated rings. The van der Waals surface area contributed by atoms with Crippen molar-refractivity contribution in [3.8, 4) is 0 Å². The molecule has 0 aromatic rings. The van der Waals surface area contributed by atoms with Gasteiger partial charge < -0.3 is 25.7 Å². The Balaban J connectivity index is 3.75. The van der Waals surface area contributed by atoms with Crippen LogP contribution in [-0.2, 0) is 4.79 Å². The number of aliphatic hydroxyl groups is 4. The number of carbonyl (C=O) groups is 1. The number of aliphatic hydroxyl groups excluding tert-OH is 4. The Morgan fingerprint density at radius 1 is 0.523 bits per heavy atom. The zero-order valence-corrected chi connectivity index (χ0v) is 29.6. The van der Waals surface area contributed by atoms with Crippen molar-refractivity contribution in [1.82, 2.24) is 5.32 Å². The van der Waals surface area contributed by atoms with Gasteiger partial charge in [-0.1, -0.05) is 188 Å². The second-order valence-electron chi connectivity index (χ2n) is 14.1. The molecule has 0 radical (unpaired) electrons. The Labute approximate surface area is 273 Å². The summed E-state index contributed by atoms with van der Waals surface area (Å²) in [5.41, 5.74) is 0. The maximum absolute atomic E-state index is 12.4. The smallest absolute Gasteiger partial charge is 0.249 e. The van der Waals surface area contributed by atoms with Crippen LogP contribution in [0.1, 0.15) is 201 Å². The van der Waals surface area contributed by atoms with E-state index < -0.39 is 36.9 Å². The predicted octanol–water partition coefficient (Wildman–Crippen LogP) is 9.14. The molecular formula is C38H77NO5. The lowest BCUT2D eigenvalue weighted by Crippen LogP contribution is -2.53. The second-order valence-corrected chi connectivity index (χ2v) is 14.1. The van der Waals surface area contributed by atoms with Crippen molar-refractivity contribution >= 4 is 5.91 Å². The summed E-state index contributed by atoms with van der Waals surface area (Å²) >= 11 is 0. The number of hydrogen-bond donors (Lipinski definition) is 5. The van der Waals surface area contributed by atoms with Crippen LogP contribution in [0.25, 0.3) is 0 Å². The van der Waals surface area contributed by atoms with Crippen molar-refractivity contribution in [2.24, 2.45) is 5.92 Å². The van der Waals surface area contributed by atoms with Gasteiger partial charge in [0, 0.05) is 0 Å². The van der Waals surface area contributed by atoms with E-state index in [4.69, 9.17) is 0 Å². The van der Waals surface area contributed by atoms with Crippen LogP contribution in [-0.4, -0.2) is 57.3 Å². The van der Waals surface area contributed by atoms with Gasteiger partial charge in [0.25, 0.3) is 0 Å². The van der Waals surface area contributed by atoms with Crippen LogP contribution >= 0.6 is 0 Å². The maximum Gasteiger partial charge on any atom is 0.249 e. The molecule has 44 heavy (non-hydrogen) atoms. The van der Waals surface area contributed by atoms with Gasteiger partial charge in [-0.25, -0.2) is 0 Å². The van der Waals surface area contributed by atoms with E-state index >= 15 is 0 Å². The minimum Gasteiger partial charge on any atom is -0.394 e. The summed E-state index contributed by atoms with van der Waals surface area (Å²) in [6.45, 7) is 6.34. The number of carbonyl (C=O) groups excluding carboxylic acids is 1. The largest absolute Gasteiger partial charge is 0.394 e. The predicted molar refractivity (Wildman–Crippen MR) is 187 cm³/mol. The third kappa shape index (κ3) is 27.6. The van der Waals surface area contributed by atoms with E-state index in [9.17, 15) is 25.2 Å². The molecule has 0 bridgehead atoms. The normalized spacial score (nSPS) is 14.5. The van der Waals surface area contributed by atoms with E-state index in [1.807, 2.05) is 0 Å². The molecule has 0 aromatic heterocycles. The molecule has 0 aromatic carbocycles. The standard InChI is InChI=1S/C38H77NO5/c1-4-5-6-7-8-9-10-11-12-13-14-15-16-17-22-25-28-31-36(42)38(44)39-34(32-40)37(43)35(41)30-27-24-21-19-18-20-23-26-29-33(2)3/h33-37,40-43H,4-32H2,1-3H3,(H,39,44). The zero-order chi connectivity index (χ0) is 32.7. The van der Waals surface area contributed by atoms with Crippen LogP contribution < -0.4 is 5.32 Å². The molecule has 0 spiro atoms. The lowest BCUT2D eigenvalue weighted by molar-refractivity contribution is -0.132. The third-order valence-electron chi connectivity index (χ3n) is 9.25. The first kappa shape index (κ1) is 43.3. The average Bonchev–Trinajstić information content (AvgIpc) is 3.01. The van der Waals surface area contributed by atoms with Crippen molar-refractivity contribution in [3.05, 3.63) is 0 Å². The van der Waals surface area contributed by atoms with Gasteiger partial charge in [0.05, 0.1) is 18.8 Å². The fourth-order valence-corrected chi connectivity index (χ4v) is 6.12.